The van der Waals surface area contributed by atoms with Crippen molar-refractivity contribution in [1.29, 1.82) is 0 Å². The average Bonchev–Trinajstić information content (AvgIpc) is 3.16. The van der Waals surface area contributed by atoms with E-state index in [4.69, 9.17) is 18.7 Å². The van der Waals surface area contributed by atoms with Crippen LogP contribution in [0.1, 0.15) is 12.6 Å². The van der Waals surface area contributed by atoms with Crippen LogP contribution in [0.2, 0.25) is 0 Å². The highest BCUT2D eigenvalue weighted by Gasteiger charge is 2.21. The van der Waals surface area contributed by atoms with E-state index < -0.39 is 6.10 Å². The second-order valence-corrected chi connectivity index (χ2v) is 4.96. The van der Waals surface area contributed by atoms with Crippen LogP contribution in [-0.2, 0) is 11.3 Å². The molecule has 2 heterocycles. The summed E-state index contributed by atoms with van der Waals surface area (Å²) < 4.78 is 20.9. The number of carbonyl (C=O) groups excluding carboxylic acids is 1. The highest BCUT2D eigenvalue weighted by atomic mass is 16.7. The largest absolute Gasteiger partial charge is 0.481 e. The standard InChI is InChI=1S/C15H16N2O5/c1-10(15(18)17(2)8-11-5-6-21-16-11)22-12-3-4-13-14(7-12)20-9-19-13/h3-7,10H,8-9H2,1-2H3/t10-/m0/s1. The number of aromatic nitrogens is 1. The van der Waals surface area contributed by atoms with Crippen molar-refractivity contribution >= 4 is 5.91 Å². The molecule has 1 amide bonds. The predicted molar refractivity (Wildman–Crippen MR) is 75.6 cm³/mol. The van der Waals surface area contributed by atoms with Gasteiger partial charge in [0.25, 0.3) is 5.91 Å². The van der Waals surface area contributed by atoms with Gasteiger partial charge >= 0.3 is 0 Å². The van der Waals surface area contributed by atoms with Crippen LogP contribution in [0.25, 0.3) is 0 Å². The topological polar surface area (TPSA) is 74.0 Å². The number of ether oxygens (including phenoxy) is 3. The highest BCUT2D eigenvalue weighted by Crippen LogP contribution is 2.35. The fraction of sp³-hybridized carbons (Fsp3) is 0.333. The minimum Gasteiger partial charge on any atom is -0.481 e. The minimum absolute atomic E-state index is 0.152. The van der Waals surface area contributed by atoms with Crippen molar-refractivity contribution in [3.8, 4) is 17.2 Å². The minimum atomic E-state index is -0.628. The van der Waals surface area contributed by atoms with Gasteiger partial charge in [0.2, 0.25) is 6.79 Å². The molecular formula is C15H16N2O5. The van der Waals surface area contributed by atoms with Crippen LogP contribution in [-0.4, -0.2) is 35.9 Å². The Bertz CT molecular complexity index is 656. The van der Waals surface area contributed by atoms with E-state index in [9.17, 15) is 4.79 Å². The Labute approximate surface area is 127 Å². The quantitative estimate of drug-likeness (QED) is 0.839. The van der Waals surface area contributed by atoms with Gasteiger partial charge in [0.15, 0.2) is 17.6 Å². The Kier molecular flexibility index (Phi) is 3.86. The molecule has 0 unspecified atom stereocenters. The summed E-state index contributed by atoms with van der Waals surface area (Å²) in [5.41, 5.74) is 0.686. The Morgan fingerprint density at radius 2 is 2.18 bits per heavy atom. The van der Waals surface area contributed by atoms with Gasteiger partial charge in [-0.25, -0.2) is 0 Å². The summed E-state index contributed by atoms with van der Waals surface area (Å²) in [5.74, 6) is 1.70. The molecule has 0 saturated heterocycles. The van der Waals surface area contributed by atoms with Gasteiger partial charge in [0.05, 0.1) is 6.54 Å². The first-order chi connectivity index (χ1) is 10.6. The maximum absolute atomic E-state index is 12.3. The summed E-state index contributed by atoms with van der Waals surface area (Å²) in [6.45, 7) is 2.27. The highest BCUT2D eigenvalue weighted by molar-refractivity contribution is 5.80. The predicted octanol–water partition coefficient (Wildman–Crippen LogP) is 1.83. The van der Waals surface area contributed by atoms with Gasteiger partial charge in [-0.3, -0.25) is 4.79 Å². The molecule has 2 aromatic rings. The van der Waals surface area contributed by atoms with Crippen molar-refractivity contribution < 1.29 is 23.5 Å². The molecule has 1 aromatic heterocycles. The lowest BCUT2D eigenvalue weighted by atomic mass is 10.3. The molecule has 7 nitrogen and oxygen atoms in total. The maximum Gasteiger partial charge on any atom is 0.263 e. The molecule has 1 atom stereocenters. The summed E-state index contributed by atoms with van der Waals surface area (Å²) in [6.07, 6.45) is 0.845. The van der Waals surface area contributed by atoms with Gasteiger partial charge in [-0.2, -0.15) is 0 Å². The number of amides is 1. The van der Waals surface area contributed by atoms with Crippen molar-refractivity contribution in [2.24, 2.45) is 0 Å². The van der Waals surface area contributed by atoms with Gasteiger partial charge in [-0.05, 0) is 19.1 Å². The fourth-order valence-corrected chi connectivity index (χ4v) is 2.16. The Hall–Kier alpha value is -2.70. The summed E-state index contributed by atoms with van der Waals surface area (Å²) in [7, 11) is 1.69. The monoisotopic (exact) mass is 304 g/mol. The number of hydrogen-bond acceptors (Lipinski definition) is 6. The third kappa shape index (κ3) is 2.98. The second-order valence-electron chi connectivity index (χ2n) is 4.96. The van der Waals surface area contributed by atoms with E-state index in [1.54, 1.807) is 38.2 Å². The number of benzene rings is 1. The van der Waals surface area contributed by atoms with E-state index in [0.29, 0.717) is 29.5 Å². The smallest absolute Gasteiger partial charge is 0.263 e. The van der Waals surface area contributed by atoms with Crippen LogP contribution in [0.3, 0.4) is 0 Å². The SMILES string of the molecule is C[C@H](Oc1ccc2c(c1)OCO2)C(=O)N(C)Cc1ccon1. The molecule has 22 heavy (non-hydrogen) atoms. The lowest BCUT2D eigenvalue weighted by Gasteiger charge is -2.21. The summed E-state index contributed by atoms with van der Waals surface area (Å²) in [4.78, 5) is 13.8. The van der Waals surface area contributed by atoms with Crippen molar-refractivity contribution in [3.05, 3.63) is 36.2 Å². The Morgan fingerprint density at radius 1 is 1.36 bits per heavy atom. The van der Waals surface area contributed by atoms with Crippen LogP contribution in [0.4, 0.5) is 0 Å². The van der Waals surface area contributed by atoms with Crippen LogP contribution in [0.5, 0.6) is 17.2 Å². The molecule has 1 aromatic carbocycles. The lowest BCUT2D eigenvalue weighted by molar-refractivity contribution is -0.137. The van der Waals surface area contributed by atoms with E-state index >= 15 is 0 Å². The molecule has 1 aliphatic rings. The van der Waals surface area contributed by atoms with E-state index in [1.807, 2.05) is 0 Å². The van der Waals surface area contributed by atoms with E-state index in [0.717, 1.165) is 0 Å². The number of rotatable bonds is 5. The van der Waals surface area contributed by atoms with E-state index in [2.05, 4.69) is 5.16 Å². The van der Waals surface area contributed by atoms with Crippen LogP contribution >= 0.6 is 0 Å². The van der Waals surface area contributed by atoms with Gasteiger partial charge < -0.3 is 23.6 Å². The zero-order valence-corrected chi connectivity index (χ0v) is 12.3. The first-order valence-electron chi connectivity index (χ1n) is 6.84. The van der Waals surface area contributed by atoms with Crippen molar-refractivity contribution in [2.45, 2.75) is 19.6 Å². The molecule has 0 radical (unpaired) electrons. The van der Waals surface area contributed by atoms with Gasteiger partial charge in [-0.15, -0.1) is 0 Å². The molecule has 0 N–H and O–H groups in total. The third-order valence-corrected chi connectivity index (χ3v) is 3.27. The van der Waals surface area contributed by atoms with E-state index in [-0.39, 0.29) is 12.7 Å². The van der Waals surface area contributed by atoms with Crippen LogP contribution in [0.15, 0.2) is 35.1 Å². The van der Waals surface area contributed by atoms with Crippen LogP contribution < -0.4 is 14.2 Å². The maximum atomic E-state index is 12.3. The Balaban J connectivity index is 1.61. The molecular weight excluding hydrogens is 288 g/mol. The number of hydrogen-bond donors (Lipinski definition) is 0. The molecule has 0 fully saturated rings. The normalized spacial score (nSPS) is 13.7. The molecule has 3 rings (SSSR count). The Morgan fingerprint density at radius 3 is 2.95 bits per heavy atom. The van der Waals surface area contributed by atoms with Crippen LogP contribution in [0, 0.1) is 0 Å². The summed E-state index contributed by atoms with van der Waals surface area (Å²) in [5, 5.41) is 3.78. The molecule has 0 spiro atoms. The first kappa shape index (κ1) is 14.2. The number of carbonyl (C=O) groups is 1. The molecule has 7 heteroatoms. The third-order valence-electron chi connectivity index (χ3n) is 3.27. The molecule has 116 valence electrons. The number of nitrogens with zero attached hydrogens (tertiary/aromatic N) is 2. The first-order valence-corrected chi connectivity index (χ1v) is 6.84. The second kappa shape index (κ2) is 5.97. The lowest BCUT2D eigenvalue weighted by Crippen LogP contribution is -2.37. The van der Waals surface area contributed by atoms with Crippen molar-refractivity contribution in [2.75, 3.05) is 13.8 Å². The van der Waals surface area contributed by atoms with Gasteiger partial charge in [0.1, 0.15) is 17.7 Å². The summed E-state index contributed by atoms with van der Waals surface area (Å²) in [6, 6.07) is 6.93. The van der Waals surface area contributed by atoms with Crippen molar-refractivity contribution in [1.82, 2.24) is 10.1 Å². The van der Waals surface area contributed by atoms with Gasteiger partial charge in [-0.1, -0.05) is 5.16 Å². The van der Waals surface area contributed by atoms with Crippen molar-refractivity contribution in [3.63, 3.8) is 0 Å². The number of likely N-dealkylation sites (N-methyl/N-ethyl adjacent to an activating group) is 1. The molecule has 0 saturated carbocycles. The molecule has 1 aliphatic heterocycles. The van der Waals surface area contributed by atoms with Gasteiger partial charge in [0, 0.05) is 19.2 Å². The fourth-order valence-electron chi connectivity index (χ4n) is 2.16. The zero-order valence-electron chi connectivity index (χ0n) is 12.3. The molecule has 0 aliphatic carbocycles. The summed E-state index contributed by atoms with van der Waals surface area (Å²) >= 11 is 0. The average molecular weight is 304 g/mol. The molecule has 0 bridgehead atoms. The number of fused-ring (bicyclic) bond motifs is 1. The zero-order chi connectivity index (χ0) is 15.5. The van der Waals surface area contributed by atoms with E-state index in [1.165, 1.54) is 11.2 Å².